The molecule has 15 heteroatoms. The molecule has 3 saturated heterocycles. The molecule has 10 N–H and O–H groups in total. The number of ether oxygens (including phenoxy) is 5. The molecule has 3 aliphatic heterocycles. The molecular weight excluding hydrogens is 456 g/mol. The van der Waals surface area contributed by atoms with Gasteiger partial charge in [-0.25, -0.2) is 0 Å². The molecule has 3 heterocycles. The fraction of sp³-hybridized carbons (Fsp3) is 1.00. The van der Waals surface area contributed by atoms with Crippen LogP contribution in [0.4, 0.5) is 0 Å². The van der Waals surface area contributed by atoms with Gasteiger partial charge < -0.3 is 74.7 Å². The van der Waals surface area contributed by atoms with Crippen LogP contribution in [0.15, 0.2) is 0 Å². The van der Waals surface area contributed by atoms with Crippen molar-refractivity contribution in [3.05, 3.63) is 0 Å². The van der Waals surface area contributed by atoms with Crippen LogP contribution in [0, 0.1) is 0 Å². The predicted molar refractivity (Wildman–Crippen MR) is 99.8 cm³/mol. The first-order chi connectivity index (χ1) is 15.5. The van der Waals surface area contributed by atoms with E-state index in [1.165, 1.54) is 6.92 Å². The molecule has 194 valence electrons. The van der Waals surface area contributed by atoms with Crippen LogP contribution in [0.3, 0.4) is 0 Å². The van der Waals surface area contributed by atoms with Crippen molar-refractivity contribution in [3.63, 3.8) is 0 Å². The summed E-state index contributed by atoms with van der Waals surface area (Å²) in [6.07, 6.45) is -23.5. The zero-order valence-electron chi connectivity index (χ0n) is 17.6. The summed E-state index contributed by atoms with van der Waals surface area (Å²) in [6, 6.07) is 0. The quantitative estimate of drug-likeness (QED) is 0.167. The van der Waals surface area contributed by atoms with Gasteiger partial charge in [0.05, 0.1) is 19.3 Å². The van der Waals surface area contributed by atoms with E-state index in [0.717, 1.165) is 0 Å². The lowest BCUT2D eigenvalue weighted by atomic mass is 9.97. The summed E-state index contributed by atoms with van der Waals surface area (Å²) in [4.78, 5) is 0. The minimum absolute atomic E-state index is 0.531. The standard InChI is InChI=1S/C18H32O15/c1-4-7(20)9(22)13(26)17(30-4)29-3-6-8(21)10(23)14(27)18(32-6)33-15-5(2-19)31-16(28)12(25)11(15)24/h4-28H,2-3H2,1H3/t4-,5+,6+,7+,8+,9+,10-,11+,12+,13-,14+,15+,16+,17+,18-/m0/s1. The summed E-state index contributed by atoms with van der Waals surface area (Å²) in [5.41, 5.74) is 0. The second-order valence-corrected chi connectivity index (χ2v) is 8.36. The molecule has 3 aliphatic rings. The fourth-order valence-corrected chi connectivity index (χ4v) is 3.90. The molecule has 0 amide bonds. The highest BCUT2D eigenvalue weighted by molar-refractivity contribution is 4.94. The van der Waals surface area contributed by atoms with E-state index in [0.29, 0.717) is 0 Å². The maximum atomic E-state index is 10.3. The first kappa shape index (κ1) is 27.0. The molecule has 33 heavy (non-hydrogen) atoms. The van der Waals surface area contributed by atoms with Crippen LogP contribution in [0.5, 0.6) is 0 Å². The Kier molecular flexibility index (Phi) is 8.99. The summed E-state index contributed by atoms with van der Waals surface area (Å²) in [5, 5.41) is 99.4. The molecular formula is C18H32O15. The van der Waals surface area contributed by atoms with E-state index >= 15 is 0 Å². The summed E-state index contributed by atoms with van der Waals surface area (Å²) in [5.74, 6) is 0. The van der Waals surface area contributed by atoms with E-state index in [9.17, 15) is 51.1 Å². The fourth-order valence-electron chi connectivity index (χ4n) is 3.90. The van der Waals surface area contributed by atoms with Crippen molar-refractivity contribution < 1.29 is 74.7 Å². The normalized spacial score (nSPS) is 53.7. The van der Waals surface area contributed by atoms with Crippen molar-refractivity contribution >= 4 is 0 Å². The van der Waals surface area contributed by atoms with Crippen LogP contribution >= 0.6 is 0 Å². The van der Waals surface area contributed by atoms with E-state index in [2.05, 4.69) is 0 Å². The number of hydrogen-bond donors (Lipinski definition) is 10. The Hall–Kier alpha value is -0.600. The third-order valence-electron chi connectivity index (χ3n) is 6.03. The van der Waals surface area contributed by atoms with E-state index in [4.69, 9.17) is 23.7 Å². The molecule has 0 unspecified atom stereocenters. The average Bonchev–Trinajstić information content (AvgIpc) is 2.79. The Morgan fingerprint density at radius 2 is 1.21 bits per heavy atom. The van der Waals surface area contributed by atoms with Gasteiger partial charge in [0.2, 0.25) is 0 Å². The Morgan fingerprint density at radius 3 is 1.85 bits per heavy atom. The van der Waals surface area contributed by atoms with E-state index in [1.54, 1.807) is 0 Å². The van der Waals surface area contributed by atoms with Gasteiger partial charge in [0, 0.05) is 0 Å². The molecule has 0 aromatic rings. The zero-order valence-corrected chi connectivity index (χ0v) is 17.6. The second kappa shape index (κ2) is 11.0. The van der Waals surface area contributed by atoms with Crippen LogP contribution in [0.1, 0.15) is 6.92 Å². The summed E-state index contributed by atoms with van der Waals surface area (Å²) in [6.45, 7) is 0.165. The third-order valence-corrected chi connectivity index (χ3v) is 6.03. The first-order valence-electron chi connectivity index (χ1n) is 10.4. The molecule has 15 atom stereocenters. The van der Waals surface area contributed by atoms with Gasteiger partial charge >= 0.3 is 0 Å². The lowest BCUT2D eigenvalue weighted by Crippen LogP contribution is -2.64. The highest BCUT2D eigenvalue weighted by Gasteiger charge is 2.51. The highest BCUT2D eigenvalue weighted by Crippen LogP contribution is 2.29. The van der Waals surface area contributed by atoms with Gasteiger partial charge in [0.1, 0.15) is 67.1 Å². The molecule has 15 nitrogen and oxygen atoms in total. The van der Waals surface area contributed by atoms with Crippen molar-refractivity contribution in [1.82, 2.24) is 0 Å². The van der Waals surface area contributed by atoms with Crippen LogP contribution in [-0.2, 0) is 23.7 Å². The lowest BCUT2D eigenvalue weighted by molar-refractivity contribution is -0.361. The van der Waals surface area contributed by atoms with Gasteiger partial charge in [-0.2, -0.15) is 0 Å². The van der Waals surface area contributed by atoms with Crippen LogP contribution < -0.4 is 0 Å². The molecule has 0 aromatic heterocycles. The summed E-state index contributed by atoms with van der Waals surface area (Å²) >= 11 is 0. The van der Waals surface area contributed by atoms with E-state index in [1.807, 2.05) is 0 Å². The Morgan fingerprint density at radius 1 is 0.606 bits per heavy atom. The van der Waals surface area contributed by atoms with Crippen LogP contribution in [-0.4, -0.2) is 156 Å². The van der Waals surface area contributed by atoms with Crippen LogP contribution in [0.25, 0.3) is 0 Å². The summed E-state index contributed by atoms with van der Waals surface area (Å²) in [7, 11) is 0. The Balaban J connectivity index is 1.66. The molecule has 0 aromatic carbocycles. The van der Waals surface area contributed by atoms with Crippen LogP contribution in [0.2, 0.25) is 0 Å². The van der Waals surface area contributed by atoms with Gasteiger partial charge in [-0.15, -0.1) is 0 Å². The smallest absolute Gasteiger partial charge is 0.187 e. The van der Waals surface area contributed by atoms with E-state index < -0.39 is 105 Å². The van der Waals surface area contributed by atoms with Crippen molar-refractivity contribution in [2.24, 2.45) is 0 Å². The maximum absolute atomic E-state index is 10.3. The topological polar surface area (TPSA) is 248 Å². The first-order valence-corrected chi connectivity index (χ1v) is 10.4. The Labute approximate surface area is 187 Å². The predicted octanol–water partition coefficient (Wildman–Crippen LogP) is -6.55. The molecule has 0 spiro atoms. The van der Waals surface area contributed by atoms with Crippen molar-refractivity contribution in [2.75, 3.05) is 13.2 Å². The van der Waals surface area contributed by atoms with Crippen molar-refractivity contribution in [1.29, 1.82) is 0 Å². The lowest BCUT2D eigenvalue weighted by Gasteiger charge is -2.45. The van der Waals surface area contributed by atoms with E-state index in [-0.39, 0.29) is 0 Å². The Bertz CT molecular complexity index is 624. The highest BCUT2D eigenvalue weighted by atomic mass is 16.7. The largest absolute Gasteiger partial charge is 0.394 e. The minimum atomic E-state index is -1.83. The van der Waals surface area contributed by atoms with Gasteiger partial charge in [0.15, 0.2) is 18.9 Å². The molecule has 0 bridgehead atoms. The summed E-state index contributed by atoms with van der Waals surface area (Å²) < 4.78 is 26.5. The van der Waals surface area contributed by atoms with Gasteiger partial charge in [0.25, 0.3) is 0 Å². The molecule has 0 aliphatic carbocycles. The second-order valence-electron chi connectivity index (χ2n) is 8.36. The SMILES string of the molecule is C[C@@H]1O[C@@H](OC[C@H]2O[C@@H](O[C@H]3[C@H](O)[C@@H](O)[C@H](O)O[C@@H]3CO)[C@H](O)[C@@H](O)[C@@H]2O)[C@@H](O)[C@H](O)[C@@H]1O. The average molecular weight is 488 g/mol. The zero-order chi connectivity index (χ0) is 24.6. The molecule has 3 fully saturated rings. The van der Waals surface area contributed by atoms with Gasteiger partial charge in [-0.3, -0.25) is 0 Å². The number of rotatable bonds is 6. The number of hydrogen-bond acceptors (Lipinski definition) is 15. The monoisotopic (exact) mass is 488 g/mol. The van der Waals surface area contributed by atoms with Gasteiger partial charge in [-0.1, -0.05) is 0 Å². The van der Waals surface area contributed by atoms with Crippen molar-refractivity contribution in [2.45, 2.75) is 99.0 Å². The molecule has 0 radical (unpaired) electrons. The maximum Gasteiger partial charge on any atom is 0.187 e. The number of aliphatic hydroxyl groups excluding tert-OH is 10. The molecule has 3 rings (SSSR count). The molecule has 0 saturated carbocycles. The number of aliphatic hydroxyl groups is 10. The van der Waals surface area contributed by atoms with Gasteiger partial charge in [-0.05, 0) is 6.92 Å². The van der Waals surface area contributed by atoms with Crippen molar-refractivity contribution in [3.8, 4) is 0 Å². The third kappa shape index (κ3) is 5.48. The minimum Gasteiger partial charge on any atom is -0.394 e.